The first-order chi connectivity index (χ1) is 12.6. The Balaban J connectivity index is 1.50. The van der Waals surface area contributed by atoms with Crippen molar-refractivity contribution in [2.75, 3.05) is 18.5 Å². The van der Waals surface area contributed by atoms with Gasteiger partial charge in [0.2, 0.25) is 0 Å². The van der Waals surface area contributed by atoms with Gasteiger partial charge < -0.3 is 19.3 Å². The van der Waals surface area contributed by atoms with Crippen molar-refractivity contribution >= 4 is 27.4 Å². The van der Waals surface area contributed by atoms with Crippen molar-refractivity contribution in [3.63, 3.8) is 0 Å². The van der Waals surface area contributed by atoms with E-state index in [1.807, 2.05) is 13.8 Å². The Labute approximate surface area is 155 Å². The van der Waals surface area contributed by atoms with Crippen LogP contribution < -0.4 is 5.32 Å². The average molecular weight is 374 g/mol. The molecular weight excluding hydrogens is 352 g/mol. The predicted molar refractivity (Wildman–Crippen MR) is 99.6 cm³/mol. The summed E-state index contributed by atoms with van der Waals surface area (Å²) in [5.41, 5.74) is 1.88. The fourth-order valence-electron chi connectivity index (χ4n) is 3.21. The van der Waals surface area contributed by atoms with E-state index in [1.165, 1.54) is 4.88 Å². The Kier molecular flexibility index (Phi) is 4.88. The molecule has 0 aliphatic carbocycles. The molecule has 1 aliphatic heterocycles. The zero-order chi connectivity index (χ0) is 18.1. The molecule has 0 amide bonds. The molecule has 0 bridgehead atoms. The number of nitrogens with zero attached hydrogens (tertiary/aromatic N) is 3. The Hall–Kier alpha value is -2.03. The second-order valence-electron chi connectivity index (χ2n) is 6.56. The summed E-state index contributed by atoms with van der Waals surface area (Å²) in [5.74, 6) is 1.66. The van der Waals surface area contributed by atoms with Gasteiger partial charge in [-0.25, -0.2) is 9.97 Å². The van der Waals surface area contributed by atoms with Gasteiger partial charge in [-0.3, -0.25) is 0 Å². The summed E-state index contributed by atoms with van der Waals surface area (Å²) in [7, 11) is 0. The molecule has 0 spiro atoms. The zero-order valence-electron chi connectivity index (χ0n) is 15.1. The average Bonchev–Trinajstić information content (AvgIpc) is 3.17. The highest BCUT2D eigenvalue weighted by molar-refractivity contribution is 7.18. The van der Waals surface area contributed by atoms with Crippen LogP contribution in [0.3, 0.4) is 0 Å². The molecule has 3 aromatic rings. The maximum atomic E-state index is 6.16. The van der Waals surface area contributed by atoms with Crippen molar-refractivity contribution in [1.82, 2.24) is 15.1 Å². The summed E-state index contributed by atoms with van der Waals surface area (Å²) in [6.45, 7) is 7.64. The van der Waals surface area contributed by atoms with Crippen LogP contribution in [0, 0.1) is 20.8 Å². The lowest BCUT2D eigenvalue weighted by atomic mass is 10.1. The summed E-state index contributed by atoms with van der Waals surface area (Å²) in [4.78, 5) is 11.0. The van der Waals surface area contributed by atoms with Gasteiger partial charge in [0.15, 0.2) is 0 Å². The largest absolute Gasteiger partial charge is 0.379 e. The van der Waals surface area contributed by atoms with Gasteiger partial charge in [0, 0.05) is 17.0 Å². The molecule has 0 saturated carbocycles. The predicted octanol–water partition coefficient (Wildman–Crippen LogP) is 3.39. The van der Waals surface area contributed by atoms with Gasteiger partial charge in [-0.05, 0) is 33.3 Å². The van der Waals surface area contributed by atoms with Crippen LogP contribution in [0.4, 0.5) is 5.82 Å². The first kappa shape index (κ1) is 17.4. The third kappa shape index (κ3) is 3.44. The lowest BCUT2D eigenvalue weighted by molar-refractivity contribution is -0.0640. The molecule has 2 atom stereocenters. The lowest BCUT2D eigenvalue weighted by Crippen LogP contribution is -2.43. The van der Waals surface area contributed by atoms with Crippen molar-refractivity contribution < 1.29 is 14.0 Å². The van der Waals surface area contributed by atoms with Gasteiger partial charge in [0.05, 0.1) is 30.3 Å². The Bertz CT molecular complexity index is 888. The second kappa shape index (κ2) is 7.30. The van der Waals surface area contributed by atoms with Gasteiger partial charge in [-0.15, -0.1) is 11.3 Å². The molecule has 1 fully saturated rings. The SMILES string of the molecule is Cc1cc2c(N[C@@H]3CCOC[C@H]3OCc3c(C)noc3C)ncnc2s1. The first-order valence-corrected chi connectivity index (χ1v) is 9.52. The van der Waals surface area contributed by atoms with Crippen molar-refractivity contribution in [3.8, 4) is 0 Å². The van der Waals surface area contributed by atoms with E-state index in [9.17, 15) is 0 Å². The van der Waals surface area contributed by atoms with Crippen LogP contribution in [0.2, 0.25) is 0 Å². The normalized spacial score (nSPS) is 20.6. The van der Waals surface area contributed by atoms with Crippen LogP contribution in [0.5, 0.6) is 0 Å². The summed E-state index contributed by atoms with van der Waals surface area (Å²) in [6.07, 6.45) is 2.41. The highest BCUT2D eigenvalue weighted by Gasteiger charge is 2.28. The third-order valence-electron chi connectivity index (χ3n) is 4.70. The van der Waals surface area contributed by atoms with Crippen LogP contribution >= 0.6 is 11.3 Å². The maximum Gasteiger partial charge on any atom is 0.139 e. The second-order valence-corrected chi connectivity index (χ2v) is 7.80. The summed E-state index contributed by atoms with van der Waals surface area (Å²) in [5, 5.41) is 8.60. The molecule has 0 radical (unpaired) electrons. The Morgan fingerprint density at radius 2 is 2.19 bits per heavy atom. The van der Waals surface area contributed by atoms with Crippen LogP contribution in [-0.4, -0.2) is 40.5 Å². The van der Waals surface area contributed by atoms with Crippen molar-refractivity contribution in [1.29, 1.82) is 0 Å². The van der Waals surface area contributed by atoms with Gasteiger partial charge in [-0.1, -0.05) is 5.16 Å². The van der Waals surface area contributed by atoms with E-state index in [4.69, 9.17) is 14.0 Å². The quantitative estimate of drug-likeness (QED) is 0.733. The molecule has 1 saturated heterocycles. The van der Waals surface area contributed by atoms with E-state index >= 15 is 0 Å². The number of rotatable bonds is 5. The van der Waals surface area contributed by atoms with E-state index < -0.39 is 0 Å². The standard InChI is InChI=1S/C18H22N4O3S/c1-10-6-13-17(19-9-20-18(13)26-10)21-15-4-5-23-8-16(15)24-7-14-11(2)22-25-12(14)3/h6,9,15-16H,4-5,7-8H2,1-3H3,(H,19,20,21)/t15-,16-/m1/s1. The van der Waals surface area contributed by atoms with Crippen LogP contribution in [0.1, 0.15) is 28.3 Å². The fraction of sp³-hybridized carbons (Fsp3) is 0.500. The number of nitrogens with one attached hydrogen (secondary N) is 1. The number of aryl methyl sites for hydroxylation is 3. The monoisotopic (exact) mass is 374 g/mol. The smallest absolute Gasteiger partial charge is 0.139 e. The van der Waals surface area contributed by atoms with Gasteiger partial charge >= 0.3 is 0 Å². The molecular formula is C18H22N4O3S. The summed E-state index contributed by atoms with van der Waals surface area (Å²) in [6, 6.07) is 2.25. The number of hydrogen-bond acceptors (Lipinski definition) is 8. The minimum absolute atomic E-state index is 0.0674. The van der Waals surface area contributed by atoms with E-state index in [2.05, 4.69) is 33.4 Å². The van der Waals surface area contributed by atoms with Crippen molar-refractivity contribution in [3.05, 3.63) is 34.3 Å². The van der Waals surface area contributed by atoms with E-state index in [0.717, 1.165) is 39.5 Å². The third-order valence-corrected chi connectivity index (χ3v) is 5.66. The number of anilines is 1. The molecule has 3 aromatic heterocycles. The number of fused-ring (bicyclic) bond motifs is 1. The van der Waals surface area contributed by atoms with Gasteiger partial charge in [0.25, 0.3) is 0 Å². The lowest BCUT2D eigenvalue weighted by Gasteiger charge is -2.32. The van der Waals surface area contributed by atoms with E-state index in [0.29, 0.717) is 19.8 Å². The Morgan fingerprint density at radius 1 is 1.31 bits per heavy atom. The minimum Gasteiger partial charge on any atom is -0.379 e. The van der Waals surface area contributed by atoms with E-state index in [1.54, 1.807) is 17.7 Å². The molecule has 4 rings (SSSR count). The van der Waals surface area contributed by atoms with Crippen LogP contribution in [0.25, 0.3) is 10.2 Å². The number of ether oxygens (including phenoxy) is 2. The number of thiophene rings is 1. The minimum atomic E-state index is -0.0674. The highest BCUT2D eigenvalue weighted by atomic mass is 32.1. The maximum absolute atomic E-state index is 6.16. The van der Waals surface area contributed by atoms with Crippen LogP contribution in [-0.2, 0) is 16.1 Å². The molecule has 1 aliphatic rings. The number of aromatic nitrogens is 3. The summed E-state index contributed by atoms with van der Waals surface area (Å²) < 4.78 is 17.0. The first-order valence-electron chi connectivity index (χ1n) is 8.70. The molecule has 7 nitrogen and oxygen atoms in total. The van der Waals surface area contributed by atoms with Crippen LogP contribution in [0.15, 0.2) is 16.9 Å². The topological polar surface area (TPSA) is 82.3 Å². The van der Waals surface area contributed by atoms with Crippen molar-refractivity contribution in [2.24, 2.45) is 0 Å². The Morgan fingerprint density at radius 3 is 3.00 bits per heavy atom. The van der Waals surface area contributed by atoms with Gasteiger partial charge in [0.1, 0.15) is 28.8 Å². The zero-order valence-corrected chi connectivity index (χ0v) is 15.9. The molecule has 138 valence electrons. The van der Waals surface area contributed by atoms with Gasteiger partial charge in [-0.2, -0.15) is 0 Å². The molecule has 0 aromatic carbocycles. The highest BCUT2D eigenvalue weighted by Crippen LogP contribution is 2.29. The molecule has 8 heteroatoms. The summed E-state index contributed by atoms with van der Waals surface area (Å²) >= 11 is 1.68. The fourth-order valence-corrected chi connectivity index (χ4v) is 4.05. The van der Waals surface area contributed by atoms with E-state index in [-0.39, 0.29) is 12.1 Å². The van der Waals surface area contributed by atoms with Crippen molar-refractivity contribution in [2.45, 2.75) is 45.9 Å². The molecule has 4 heterocycles. The molecule has 26 heavy (non-hydrogen) atoms. The number of hydrogen-bond donors (Lipinski definition) is 1. The molecule has 0 unspecified atom stereocenters. The molecule has 1 N–H and O–H groups in total.